The molecule has 0 spiro atoms. The van der Waals surface area contributed by atoms with Crippen LogP contribution in [0.5, 0.6) is 0 Å². The summed E-state index contributed by atoms with van der Waals surface area (Å²) < 4.78 is 108. The first-order valence-electron chi connectivity index (χ1n) is 9.61. The molecule has 3 aromatic rings. The van der Waals surface area contributed by atoms with E-state index in [1.54, 1.807) is 11.4 Å². The second-order valence-corrected chi connectivity index (χ2v) is 7.48. The Balaban J connectivity index is 1.91. The fourth-order valence-electron chi connectivity index (χ4n) is 2.86. The maximum absolute atomic E-state index is 14.1. The van der Waals surface area contributed by atoms with Gasteiger partial charge in [0.15, 0.2) is 22.9 Å². The van der Waals surface area contributed by atoms with Crippen LogP contribution in [-0.4, -0.2) is 38.6 Å². The van der Waals surface area contributed by atoms with Crippen LogP contribution in [0.4, 0.5) is 40.9 Å². The molecule has 2 aromatic heterocycles. The van der Waals surface area contributed by atoms with Crippen molar-refractivity contribution in [1.29, 1.82) is 0 Å². The lowest BCUT2D eigenvalue weighted by Gasteiger charge is -2.34. The van der Waals surface area contributed by atoms with Crippen molar-refractivity contribution in [3.8, 4) is 11.5 Å². The standard InChI is InChI=1S/C21H17F8N5/c1-3-13-8-16(33-34(13)10-12-6-4-5-7-14(12)22)18-30-9-15(23)17(32-18)31-11-19(2,20(24,25)26)21(27,28)29/h3-9H,1,10-11H2,2H3,(H,30,31,32). The van der Waals surface area contributed by atoms with E-state index < -0.39 is 41.8 Å². The van der Waals surface area contributed by atoms with E-state index in [0.717, 1.165) is 0 Å². The Hall–Kier alpha value is -3.51. The SMILES string of the molecule is C=Cc1cc(-c2ncc(F)c(NCC(C)(C(F)(F)F)C(F)(F)F)n2)nn1Cc1ccccc1F. The van der Waals surface area contributed by atoms with Crippen molar-refractivity contribution < 1.29 is 35.1 Å². The minimum absolute atomic E-state index is 0.0173. The normalized spacial score (nSPS) is 12.6. The molecule has 5 nitrogen and oxygen atoms in total. The van der Waals surface area contributed by atoms with Crippen molar-refractivity contribution >= 4 is 11.9 Å². The van der Waals surface area contributed by atoms with Gasteiger partial charge in [-0.25, -0.2) is 18.7 Å². The number of aromatic nitrogens is 4. The van der Waals surface area contributed by atoms with Crippen LogP contribution in [0.15, 0.2) is 43.1 Å². The predicted octanol–water partition coefficient (Wildman–Crippen LogP) is 5.85. The highest BCUT2D eigenvalue weighted by Gasteiger charge is 2.67. The molecule has 3 rings (SSSR count). The Morgan fingerprint density at radius 3 is 2.26 bits per heavy atom. The minimum Gasteiger partial charge on any atom is -0.366 e. The Bertz CT molecular complexity index is 1170. The number of hydrogen-bond acceptors (Lipinski definition) is 4. The molecule has 0 unspecified atom stereocenters. The highest BCUT2D eigenvalue weighted by Crippen LogP contribution is 2.50. The lowest BCUT2D eigenvalue weighted by molar-refractivity contribution is -0.328. The molecule has 1 aromatic carbocycles. The lowest BCUT2D eigenvalue weighted by atomic mass is 9.89. The van der Waals surface area contributed by atoms with E-state index in [0.29, 0.717) is 17.5 Å². The summed E-state index contributed by atoms with van der Waals surface area (Å²) in [6, 6.07) is 7.31. The Kier molecular flexibility index (Phi) is 6.67. The summed E-state index contributed by atoms with van der Waals surface area (Å²) in [5.74, 6) is -2.89. The quantitative estimate of drug-likeness (QED) is 0.421. The topological polar surface area (TPSA) is 55.6 Å². The summed E-state index contributed by atoms with van der Waals surface area (Å²) in [5, 5.41) is 5.98. The van der Waals surface area contributed by atoms with E-state index in [1.807, 2.05) is 0 Å². The van der Waals surface area contributed by atoms with Gasteiger partial charge in [-0.1, -0.05) is 24.8 Å². The van der Waals surface area contributed by atoms with Gasteiger partial charge in [-0.2, -0.15) is 31.4 Å². The average molecular weight is 491 g/mol. The third-order valence-corrected chi connectivity index (χ3v) is 5.13. The summed E-state index contributed by atoms with van der Waals surface area (Å²) in [6.45, 7) is 1.84. The van der Waals surface area contributed by atoms with Crippen LogP contribution in [0.25, 0.3) is 17.6 Å². The van der Waals surface area contributed by atoms with Crippen LogP contribution in [0, 0.1) is 17.0 Å². The van der Waals surface area contributed by atoms with Gasteiger partial charge in [0, 0.05) is 12.1 Å². The summed E-state index contributed by atoms with van der Waals surface area (Å²) in [5.41, 5.74) is -3.46. The van der Waals surface area contributed by atoms with Crippen LogP contribution in [-0.2, 0) is 6.54 Å². The highest BCUT2D eigenvalue weighted by atomic mass is 19.4. The van der Waals surface area contributed by atoms with E-state index >= 15 is 0 Å². The second kappa shape index (κ2) is 9.03. The van der Waals surface area contributed by atoms with Gasteiger partial charge < -0.3 is 5.32 Å². The Morgan fingerprint density at radius 1 is 1.03 bits per heavy atom. The van der Waals surface area contributed by atoms with Crippen LogP contribution in [0.3, 0.4) is 0 Å². The number of benzene rings is 1. The molecule has 1 N–H and O–H groups in total. The Morgan fingerprint density at radius 2 is 1.68 bits per heavy atom. The Labute approximate surface area is 188 Å². The molecular weight excluding hydrogens is 474 g/mol. The molecule has 0 aliphatic heterocycles. The maximum atomic E-state index is 14.1. The molecule has 0 atom stereocenters. The maximum Gasteiger partial charge on any atom is 0.404 e. The van der Waals surface area contributed by atoms with Gasteiger partial charge in [-0.15, -0.1) is 0 Å². The molecule has 0 aliphatic carbocycles. The number of hydrogen-bond donors (Lipinski definition) is 1. The van der Waals surface area contributed by atoms with Crippen molar-refractivity contribution in [2.45, 2.75) is 25.8 Å². The number of nitrogens with zero attached hydrogens (tertiary/aromatic N) is 4. The number of nitrogens with one attached hydrogen (secondary N) is 1. The van der Waals surface area contributed by atoms with Crippen molar-refractivity contribution in [2.24, 2.45) is 5.41 Å². The molecular formula is C21H17F8N5. The zero-order valence-electron chi connectivity index (χ0n) is 17.5. The number of rotatable bonds is 7. The number of halogens is 8. The van der Waals surface area contributed by atoms with Gasteiger partial charge in [0.05, 0.1) is 18.4 Å². The van der Waals surface area contributed by atoms with Crippen LogP contribution < -0.4 is 5.32 Å². The first-order chi connectivity index (χ1) is 15.8. The molecule has 2 heterocycles. The molecule has 0 saturated carbocycles. The van der Waals surface area contributed by atoms with Gasteiger partial charge in [0.25, 0.3) is 0 Å². The molecule has 0 saturated heterocycles. The average Bonchev–Trinajstić information content (AvgIpc) is 3.15. The van der Waals surface area contributed by atoms with Crippen molar-refractivity contribution in [1.82, 2.24) is 19.7 Å². The van der Waals surface area contributed by atoms with Crippen molar-refractivity contribution in [3.63, 3.8) is 0 Å². The monoisotopic (exact) mass is 491 g/mol. The van der Waals surface area contributed by atoms with E-state index in [9.17, 15) is 35.1 Å². The number of anilines is 1. The van der Waals surface area contributed by atoms with Crippen LogP contribution >= 0.6 is 0 Å². The zero-order valence-corrected chi connectivity index (χ0v) is 17.5. The van der Waals surface area contributed by atoms with Gasteiger partial charge >= 0.3 is 12.4 Å². The third kappa shape index (κ3) is 4.87. The highest BCUT2D eigenvalue weighted by molar-refractivity contribution is 5.57. The van der Waals surface area contributed by atoms with Gasteiger partial charge in [-0.05, 0) is 25.1 Å². The van der Waals surface area contributed by atoms with Gasteiger partial charge in [-0.3, -0.25) is 4.68 Å². The van der Waals surface area contributed by atoms with Gasteiger partial charge in [0.1, 0.15) is 11.5 Å². The zero-order chi connectivity index (χ0) is 25.3. The van der Waals surface area contributed by atoms with E-state index in [-0.39, 0.29) is 25.0 Å². The molecule has 0 aliphatic rings. The van der Waals surface area contributed by atoms with Crippen molar-refractivity contribution in [3.05, 3.63) is 66.0 Å². The van der Waals surface area contributed by atoms with Crippen LogP contribution in [0.2, 0.25) is 0 Å². The fraction of sp³-hybridized carbons (Fsp3) is 0.286. The molecule has 13 heteroatoms. The second-order valence-electron chi connectivity index (χ2n) is 7.48. The first kappa shape index (κ1) is 25.1. The van der Waals surface area contributed by atoms with Crippen molar-refractivity contribution in [2.75, 3.05) is 11.9 Å². The molecule has 34 heavy (non-hydrogen) atoms. The van der Waals surface area contributed by atoms with Crippen LogP contribution in [0.1, 0.15) is 18.2 Å². The summed E-state index contributed by atoms with van der Waals surface area (Å²) in [6.07, 6.45) is -9.34. The van der Waals surface area contributed by atoms with Gasteiger partial charge in [0.2, 0.25) is 0 Å². The molecule has 0 amide bonds. The number of alkyl halides is 6. The largest absolute Gasteiger partial charge is 0.404 e. The van der Waals surface area contributed by atoms with E-state index in [4.69, 9.17) is 0 Å². The molecule has 0 radical (unpaired) electrons. The minimum atomic E-state index is -5.66. The van der Waals surface area contributed by atoms with E-state index in [1.165, 1.54) is 35.0 Å². The molecule has 0 fully saturated rings. The third-order valence-electron chi connectivity index (χ3n) is 5.13. The van der Waals surface area contributed by atoms with E-state index in [2.05, 4.69) is 21.6 Å². The fourth-order valence-corrected chi connectivity index (χ4v) is 2.86. The predicted molar refractivity (Wildman–Crippen MR) is 108 cm³/mol. The summed E-state index contributed by atoms with van der Waals surface area (Å²) >= 11 is 0. The molecule has 182 valence electrons. The smallest absolute Gasteiger partial charge is 0.366 e. The first-order valence-corrected chi connectivity index (χ1v) is 9.61. The summed E-state index contributed by atoms with van der Waals surface area (Å²) in [4.78, 5) is 7.42. The lowest BCUT2D eigenvalue weighted by Crippen LogP contribution is -2.52. The summed E-state index contributed by atoms with van der Waals surface area (Å²) in [7, 11) is 0. The molecule has 0 bridgehead atoms.